The van der Waals surface area contributed by atoms with Gasteiger partial charge in [0.25, 0.3) is 0 Å². The van der Waals surface area contributed by atoms with Crippen molar-refractivity contribution in [2.45, 2.75) is 75.7 Å². The van der Waals surface area contributed by atoms with Crippen molar-refractivity contribution in [3.8, 4) is 0 Å². The van der Waals surface area contributed by atoms with Gasteiger partial charge in [0.05, 0.1) is 12.6 Å². The van der Waals surface area contributed by atoms with Gasteiger partial charge in [-0.2, -0.15) is 5.48 Å². The highest BCUT2D eigenvalue weighted by atomic mass is 16.7. The van der Waals surface area contributed by atoms with Crippen LogP contribution in [0.4, 0.5) is 4.79 Å². The molecule has 0 amide bonds. The predicted octanol–water partition coefficient (Wildman–Crippen LogP) is 5.70. The summed E-state index contributed by atoms with van der Waals surface area (Å²) in [6.07, 6.45) is 1.26. The number of ether oxygens (including phenoxy) is 3. The van der Waals surface area contributed by atoms with E-state index < -0.39 is 34.8 Å². The predicted molar refractivity (Wildman–Crippen MR) is 152 cm³/mol. The van der Waals surface area contributed by atoms with Crippen LogP contribution in [0, 0.1) is 0 Å². The van der Waals surface area contributed by atoms with Crippen molar-refractivity contribution in [3.63, 3.8) is 0 Å². The van der Waals surface area contributed by atoms with Gasteiger partial charge in [0.2, 0.25) is 11.4 Å². The second-order valence-electron chi connectivity index (χ2n) is 11.7. The summed E-state index contributed by atoms with van der Waals surface area (Å²) in [6.45, 7) is 9.19. The number of nitrogens with zero attached hydrogens (tertiary/aromatic N) is 1. The largest absolute Gasteiger partial charge is 0.509 e. The minimum atomic E-state index is -1.82. The molecule has 1 aliphatic heterocycles. The number of carbonyl (C=O) groups is 3. The average Bonchev–Trinajstić information content (AvgIpc) is 3.29. The van der Waals surface area contributed by atoms with Gasteiger partial charge < -0.3 is 19.0 Å². The molecule has 1 aromatic heterocycles. The van der Waals surface area contributed by atoms with Gasteiger partial charge in [-0.1, -0.05) is 54.6 Å². The van der Waals surface area contributed by atoms with Gasteiger partial charge in [-0.25, -0.2) is 9.59 Å². The molecule has 0 spiro atoms. The van der Waals surface area contributed by atoms with E-state index in [4.69, 9.17) is 19.0 Å². The van der Waals surface area contributed by atoms with Crippen LogP contribution in [-0.4, -0.2) is 41.4 Å². The molecule has 0 bridgehead atoms. The van der Waals surface area contributed by atoms with Crippen LogP contribution in [0.3, 0.4) is 0 Å². The van der Waals surface area contributed by atoms with Gasteiger partial charge in [-0.15, -0.1) is 6.58 Å². The molecule has 41 heavy (non-hydrogen) atoms. The van der Waals surface area contributed by atoms with E-state index in [1.165, 1.54) is 7.11 Å². The second-order valence-corrected chi connectivity index (χ2v) is 11.7. The van der Waals surface area contributed by atoms with Crippen LogP contribution in [0.2, 0.25) is 0 Å². The Morgan fingerprint density at radius 1 is 1.12 bits per heavy atom. The Kier molecular flexibility index (Phi) is 7.52. The number of rotatable bonds is 8. The summed E-state index contributed by atoms with van der Waals surface area (Å²) in [5.74, 6) is -0.779. The van der Waals surface area contributed by atoms with Crippen LogP contribution in [0.1, 0.15) is 68.1 Å². The summed E-state index contributed by atoms with van der Waals surface area (Å²) in [5.41, 5.74) is 2.23. The molecule has 1 N–H and O–H groups in total. The van der Waals surface area contributed by atoms with Crippen molar-refractivity contribution in [2.24, 2.45) is 0 Å². The van der Waals surface area contributed by atoms with E-state index in [-0.39, 0.29) is 18.9 Å². The number of hydrogen-bond donors (Lipinski definition) is 1. The molecule has 2 aromatic carbocycles. The zero-order chi connectivity index (χ0) is 29.4. The molecule has 9 nitrogen and oxygen atoms in total. The lowest BCUT2D eigenvalue weighted by Gasteiger charge is -2.50. The maximum Gasteiger partial charge on any atom is 0.509 e. The molecule has 3 atom stereocenters. The minimum absolute atomic E-state index is 0.0172. The number of allylic oxidation sites excluding steroid dienone is 1. The van der Waals surface area contributed by atoms with Crippen molar-refractivity contribution >= 4 is 28.9 Å². The van der Waals surface area contributed by atoms with Gasteiger partial charge in [-0.3, -0.25) is 9.36 Å². The molecule has 1 aliphatic carbocycles. The van der Waals surface area contributed by atoms with Crippen molar-refractivity contribution < 1.29 is 33.4 Å². The number of carbonyl (C=O) groups excluding carboxylic acids is 3. The van der Waals surface area contributed by atoms with E-state index in [0.29, 0.717) is 41.4 Å². The highest BCUT2D eigenvalue weighted by Crippen LogP contribution is 2.56. The average molecular weight is 561 g/mol. The first kappa shape index (κ1) is 28.6. The first-order valence-corrected chi connectivity index (χ1v) is 13.8. The van der Waals surface area contributed by atoms with E-state index in [2.05, 4.69) is 12.1 Å². The molecular formula is C32H36N2O7. The van der Waals surface area contributed by atoms with Gasteiger partial charge in [0.1, 0.15) is 18.3 Å². The van der Waals surface area contributed by atoms with Crippen molar-refractivity contribution in [2.75, 3.05) is 7.11 Å². The number of hydrogen-bond acceptors (Lipinski definition) is 8. The fourth-order valence-electron chi connectivity index (χ4n) is 6.31. The summed E-state index contributed by atoms with van der Waals surface area (Å²) in [7, 11) is 1.39. The molecular weight excluding hydrogens is 524 g/mol. The Morgan fingerprint density at radius 2 is 1.83 bits per heavy atom. The third-order valence-corrected chi connectivity index (χ3v) is 7.86. The van der Waals surface area contributed by atoms with Crippen LogP contribution >= 0.6 is 0 Å². The normalized spacial score (nSPS) is 23.5. The van der Waals surface area contributed by atoms with E-state index in [1.54, 1.807) is 31.4 Å². The highest BCUT2D eigenvalue weighted by molar-refractivity contribution is 6.02. The molecule has 0 unspecified atom stereocenters. The van der Waals surface area contributed by atoms with Crippen molar-refractivity contribution in [3.05, 3.63) is 84.1 Å². The number of fused-ring (bicyclic) bond motifs is 3. The fourth-order valence-corrected chi connectivity index (χ4v) is 6.31. The standard InChI is InChI=1S/C32H36N2O7/c1-6-17-31-18-16-25(35)34-23-15-11-10-14-22(23)26(27(31)34)32(33-38-5,24(19-31)40-29(37)41-30(2,3)4)28(36)39-20-21-12-8-7-9-13-21/h6-15,24,33H,1,16-20H2,2-5H3/t24-,31+,32+/m0/s1. The maximum absolute atomic E-state index is 14.4. The topological polar surface area (TPSA) is 105 Å². The third kappa shape index (κ3) is 4.93. The van der Waals surface area contributed by atoms with Crippen molar-refractivity contribution in [1.82, 2.24) is 10.0 Å². The summed E-state index contributed by atoms with van der Waals surface area (Å²) < 4.78 is 19.2. The number of hydroxylamine groups is 1. The van der Waals surface area contributed by atoms with Gasteiger partial charge >= 0.3 is 12.1 Å². The van der Waals surface area contributed by atoms with Crippen LogP contribution in [0.15, 0.2) is 67.3 Å². The quantitative estimate of drug-likeness (QED) is 0.212. The lowest BCUT2D eigenvalue weighted by molar-refractivity contribution is -0.175. The summed E-state index contributed by atoms with van der Waals surface area (Å²) in [6, 6.07) is 16.7. The third-order valence-electron chi connectivity index (χ3n) is 7.86. The van der Waals surface area contributed by atoms with E-state index >= 15 is 0 Å². The summed E-state index contributed by atoms with van der Waals surface area (Å²) >= 11 is 0. The van der Waals surface area contributed by atoms with Crippen LogP contribution in [0.25, 0.3) is 10.9 Å². The number of nitrogens with one attached hydrogen (secondary N) is 1. The Balaban J connectivity index is 1.76. The van der Waals surface area contributed by atoms with E-state index in [1.807, 2.05) is 54.6 Å². The Hall–Kier alpha value is -3.95. The minimum Gasteiger partial charge on any atom is -0.459 e. The zero-order valence-electron chi connectivity index (χ0n) is 23.9. The lowest BCUT2D eigenvalue weighted by Crippen LogP contribution is -2.64. The number of benzene rings is 2. The second kappa shape index (κ2) is 10.8. The summed E-state index contributed by atoms with van der Waals surface area (Å²) in [4.78, 5) is 46.6. The molecule has 5 rings (SSSR count). The molecule has 216 valence electrons. The fraction of sp³-hybridized carbons (Fsp3) is 0.406. The number of para-hydroxylation sites is 1. The molecule has 9 heteroatoms. The first-order chi connectivity index (χ1) is 19.6. The molecule has 2 heterocycles. The molecule has 2 aliphatic rings. The van der Waals surface area contributed by atoms with E-state index in [0.717, 1.165) is 5.56 Å². The van der Waals surface area contributed by atoms with Crippen LogP contribution < -0.4 is 5.48 Å². The highest BCUT2D eigenvalue weighted by Gasteiger charge is 2.63. The molecule has 0 saturated carbocycles. The van der Waals surface area contributed by atoms with Gasteiger partial charge in [0.15, 0.2) is 0 Å². The molecule has 0 radical (unpaired) electrons. The monoisotopic (exact) mass is 560 g/mol. The maximum atomic E-state index is 14.4. The Morgan fingerprint density at radius 3 is 2.51 bits per heavy atom. The smallest absolute Gasteiger partial charge is 0.459 e. The first-order valence-electron chi connectivity index (χ1n) is 13.8. The van der Waals surface area contributed by atoms with Crippen LogP contribution in [-0.2, 0) is 41.4 Å². The van der Waals surface area contributed by atoms with Crippen molar-refractivity contribution in [1.29, 1.82) is 0 Å². The van der Waals surface area contributed by atoms with E-state index in [9.17, 15) is 14.4 Å². The Labute approximate surface area is 239 Å². The molecule has 0 fully saturated rings. The number of aromatic nitrogens is 1. The number of esters is 1. The zero-order valence-corrected chi connectivity index (χ0v) is 23.9. The van der Waals surface area contributed by atoms with Gasteiger partial charge in [0, 0.05) is 28.5 Å². The Bertz CT molecular complexity index is 1490. The molecule has 0 saturated heterocycles. The molecule has 3 aromatic rings. The lowest BCUT2D eigenvalue weighted by atomic mass is 9.60. The summed E-state index contributed by atoms with van der Waals surface area (Å²) in [5, 5.41) is 0.657. The SMILES string of the molecule is C=CC[C@]12CCC(=O)n3c1c(c1ccccc13)[C@@](NOC)(C(=O)OCc1ccccc1)[C@@H](OC(=O)OC(C)(C)C)C2. The van der Waals surface area contributed by atoms with Crippen LogP contribution in [0.5, 0.6) is 0 Å². The van der Waals surface area contributed by atoms with Gasteiger partial charge in [-0.05, 0) is 51.7 Å².